The Bertz CT molecular complexity index is 955. The Morgan fingerprint density at radius 1 is 1.17 bits per heavy atom. The number of ether oxygens (including phenoxy) is 1. The van der Waals surface area contributed by atoms with Crippen LogP contribution in [-0.4, -0.2) is 27.8 Å². The molecule has 2 N–H and O–H groups in total. The van der Waals surface area contributed by atoms with Crippen LogP contribution in [0.5, 0.6) is 11.5 Å². The van der Waals surface area contributed by atoms with E-state index >= 15 is 0 Å². The number of hydrogen-bond donors (Lipinski definition) is 2. The van der Waals surface area contributed by atoms with E-state index in [1.807, 2.05) is 6.07 Å². The predicted octanol–water partition coefficient (Wildman–Crippen LogP) is 2.42. The van der Waals surface area contributed by atoms with E-state index in [0.717, 1.165) is 0 Å². The molecule has 0 aliphatic heterocycles. The molecule has 0 aliphatic rings. The third kappa shape index (κ3) is 2.58. The molecule has 6 heteroatoms. The van der Waals surface area contributed by atoms with E-state index in [1.165, 1.54) is 23.9 Å². The van der Waals surface area contributed by atoms with E-state index in [1.54, 1.807) is 37.3 Å². The minimum atomic E-state index is -0.538. The first-order valence-corrected chi connectivity index (χ1v) is 7.31. The smallest absolute Gasteiger partial charge is 0.282 e. The monoisotopic (exact) mass is 324 g/mol. The van der Waals surface area contributed by atoms with Gasteiger partial charge >= 0.3 is 0 Å². The molecule has 0 saturated heterocycles. The number of H-pyrrole nitrogens is 1. The molecule has 0 atom stereocenters. The van der Waals surface area contributed by atoms with Gasteiger partial charge in [0.1, 0.15) is 17.1 Å². The van der Waals surface area contributed by atoms with Crippen LogP contribution in [0.2, 0.25) is 0 Å². The number of para-hydroxylation sites is 1. The summed E-state index contributed by atoms with van der Waals surface area (Å²) in [6.45, 7) is 1.65. The normalized spacial score (nSPS) is 10.6. The Labute approximate surface area is 137 Å². The summed E-state index contributed by atoms with van der Waals surface area (Å²) in [6.07, 6.45) is 0. The molecule has 24 heavy (non-hydrogen) atoms. The minimum Gasteiger partial charge on any atom is -0.507 e. The summed E-state index contributed by atoms with van der Waals surface area (Å²) in [4.78, 5) is 25.4. The summed E-state index contributed by atoms with van der Waals surface area (Å²) < 4.78 is 6.31. The summed E-state index contributed by atoms with van der Waals surface area (Å²) in [5.41, 5.74) is 0.654. The lowest BCUT2D eigenvalue weighted by Crippen LogP contribution is -2.20. The lowest BCUT2D eigenvalue weighted by Gasteiger charge is -2.05. The standard InChI is InChI=1S/C18H16N2O4/c1-11-16(17(22)14-9-8-13(24-2)10-15(14)21)18(23)20(19-11)12-6-4-3-5-7-12/h3-10,19,21H,1-2H3. The number of phenolic OH excluding ortho intramolecular Hbond substituents is 1. The summed E-state index contributed by atoms with van der Waals surface area (Å²) in [7, 11) is 1.46. The average Bonchev–Trinajstić information content (AvgIpc) is 2.89. The zero-order valence-electron chi connectivity index (χ0n) is 13.2. The molecule has 0 unspecified atom stereocenters. The van der Waals surface area contributed by atoms with E-state index in [2.05, 4.69) is 5.10 Å². The molecular formula is C18H16N2O4. The van der Waals surface area contributed by atoms with Crippen LogP contribution in [0.1, 0.15) is 21.6 Å². The molecule has 0 spiro atoms. The summed E-state index contributed by atoms with van der Waals surface area (Å²) in [6, 6.07) is 13.3. The summed E-state index contributed by atoms with van der Waals surface area (Å²) in [5.74, 6) is -0.342. The second-order valence-electron chi connectivity index (χ2n) is 5.30. The molecular weight excluding hydrogens is 308 g/mol. The number of carbonyl (C=O) groups is 1. The predicted molar refractivity (Wildman–Crippen MR) is 89.2 cm³/mol. The van der Waals surface area contributed by atoms with Gasteiger partial charge in [0.15, 0.2) is 0 Å². The van der Waals surface area contributed by atoms with Gasteiger partial charge in [0.2, 0.25) is 5.78 Å². The summed E-state index contributed by atoms with van der Waals surface area (Å²) in [5, 5.41) is 12.9. The van der Waals surface area contributed by atoms with Gasteiger partial charge in [-0.25, -0.2) is 4.68 Å². The SMILES string of the molecule is COc1ccc(C(=O)c2c(C)[nH]n(-c3ccccc3)c2=O)c(O)c1. The van der Waals surface area contributed by atoms with Gasteiger partial charge in [0.25, 0.3) is 5.56 Å². The third-order valence-electron chi connectivity index (χ3n) is 3.76. The molecule has 2 aromatic carbocycles. The Kier molecular flexibility index (Phi) is 3.95. The van der Waals surface area contributed by atoms with E-state index in [0.29, 0.717) is 17.1 Å². The number of ketones is 1. The Morgan fingerprint density at radius 2 is 1.88 bits per heavy atom. The van der Waals surface area contributed by atoms with Crippen molar-refractivity contribution in [2.75, 3.05) is 7.11 Å². The Hall–Kier alpha value is -3.28. The zero-order chi connectivity index (χ0) is 17.3. The Balaban J connectivity index is 2.09. The van der Waals surface area contributed by atoms with Crippen LogP contribution in [-0.2, 0) is 0 Å². The molecule has 0 saturated carbocycles. The van der Waals surface area contributed by atoms with Gasteiger partial charge in [-0.05, 0) is 31.2 Å². The highest BCUT2D eigenvalue weighted by molar-refractivity contribution is 6.11. The molecule has 1 aromatic heterocycles. The van der Waals surface area contributed by atoms with Crippen molar-refractivity contribution in [3.63, 3.8) is 0 Å². The van der Waals surface area contributed by atoms with Gasteiger partial charge in [-0.1, -0.05) is 18.2 Å². The lowest BCUT2D eigenvalue weighted by molar-refractivity contribution is 0.103. The zero-order valence-corrected chi connectivity index (χ0v) is 13.2. The van der Waals surface area contributed by atoms with E-state index in [4.69, 9.17) is 4.74 Å². The van der Waals surface area contributed by atoms with E-state index in [-0.39, 0.29) is 16.9 Å². The maximum atomic E-state index is 12.7. The number of benzene rings is 2. The van der Waals surface area contributed by atoms with Gasteiger partial charge in [0, 0.05) is 11.8 Å². The van der Waals surface area contributed by atoms with Crippen molar-refractivity contribution < 1.29 is 14.6 Å². The van der Waals surface area contributed by atoms with Crippen molar-refractivity contribution in [3.05, 3.63) is 75.7 Å². The van der Waals surface area contributed by atoms with Gasteiger partial charge in [-0.2, -0.15) is 0 Å². The number of aromatic hydroxyl groups is 1. The topological polar surface area (TPSA) is 84.3 Å². The van der Waals surface area contributed by atoms with Crippen molar-refractivity contribution >= 4 is 5.78 Å². The molecule has 0 fully saturated rings. The van der Waals surface area contributed by atoms with Crippen LogP contribution in [0.4, 0.5) is 0 Å². The number of nitrogens with zero attached hydrogens (tertiary/aromatic N) is 1. The largest absolute Gasteiger partial charge is 0.507 e. The number of aromatic nitrogens is 2. The van der Waals surface area contributed by atoms with Crippen LogP contribution in [0, 0.1) is 6.92 Å². The number of methoxy groups -OCH3 is 1. The maximum Gasteiger partial charge on any atom is 0.282 e. The molecule has 6 nitrogen and oxygen atoms in total. The van der Waals surface area contributed by atoms with Crippen LogP contribution < -0.4 is 10.3 Å². The molecule has 0 aliphatic carbocycles. The first kappa shape index (κ1) is 15.6. The van der Waals surface area contributed by atoms with Crippen LogP contribution in [0.15, 0.2) is 53.3 Å². The van der Waals surface area contributed by atoms with Crippen molar-refractivity contribution in [3.8, 4) is 17.2 Å². The lowest BCUT2D eigenvalue weighted by atomic mass is 10.0. The van der Waals surface area contributed by atoms with Crippen molar-refractivity contribution in [2.45, 2.75) is 6.92 Å². The number of rotatable bonds is 4. The maximum absolute atomic E-state index is 12.7. The number of aryl methyl sites for hydroxylation is 1. The summed E-state index contributed by atoms with van der Waals surface area (Å²) >= 11 is 0. The quantitative estimate of drug-likeness (QED) is 0.722. The molecule has 0 amide bonds. The molecule has 1 heterocycles. The second-order valence-corrected chi connectivity index (χ2v) is 5.30. The highest BCUT2D eigenvalue weighted by Gasteiger charge is 2.23. The van der Waals surface area contributed by atoms with Gasteiger partial charge in [-0.15, -0.1) is 0 Å². The first-order valence-electron chi connectivity index (χ1n) is 7.31. The van der Waals surface area contributed by atoms with Gasteiger partial charge in [-0.3, -0.25) is 14.7 Å². The van der Waals surface area contributed by atoms with Crippen LogP contribution in [0.25, 0.3) is 5.69 Å². The fraction of sp³-hybridized carbons (Fsp3) is 0.111. The number of phenols is 1. The molecule has 0 radical (unpaired) electrons. The highest BCUT2D eigenvalue weighted by atomic mass is 16.5. The van der Waals surface area contributed by atoms with Gasteiger partial charge < -0.3 is 9.84 Å². The Morgan fingerprint density at radius 3 is 2.50 bits per heavy atom. The number of nitrogens with one attached hydrogen (secondary N) is 1. The van der Waals surface area contributed by atoms with E-state index < -0.39 is 11.3 Å². The fourth-order valence-corrected chi connectivity index (χ4v) is 2.54. The number of hydrogen-bond acceptors (Lipinski definition) is 4. The van der Waals surface area contributed by atoms with Crippen LogP contribution >= 0.6 is 0 Å². The molecule has 122 valence electrons. The van der Waals surface area contributed by atoms with Crippen molar-refractivity contribution in [2.24, 2.45) is 0 Å². The third-order valence-corrected chi connectivity index (χ3v) is 3.76. The second kappa shape index (κ2) is 6.08. The van der Waals surface area contributed by atoms with E-state index in [9.17, 15) is 14.7 Å². The van der Waals surface area contributed by atoms with Gasteiger partial charge in [0.05, 0.1) is 18.4 Å². The minimum absolute atomic E-state index is 0.000630. The van der Waals surface area contributed by atoms with Crippen molar-refractivity contribution in [1.29, 1.82) is 0 Å². The number of carbonyl (C=O) groups excluding carboxylic acids is 1. The molecule has 3 rings (SSSR count). The molecule has 0 bridgehead atoms. The molecule has 3 aromatic rings. The highest BCUT2D eigenvalue weighted by Crippen LogP contribution is 2.25. The van der Waals surface area contributed by atoms with Crippen molar-refractivity contribution in [1.82, 2.24) is 9.78 Å². The average molecular weight is 324 g/mol. The number of aromatic amines is 1. The first-order chi connectivity index (χ1) is 11.5. The van der Waals surface area contributed by atoms with Crippen LogP contribution in [0.3, 0.4) is 0 Å². The fourth-order valence-electron chi connectivity index (χ4n) is 2.54.